The highest BCUT2D eigenvalue weighted by Gasteiger charge is 2.12. The Morgan fingerprint density at radius 3 is 1.79 bits per heavy atom. The molecule has 1 N–H and O–H groups in total. The Balaban J connectivity index is 1.09. The number of fused-ring (bicyclic) bond motifs is 4. The van der Waals surface area contributed by atoms with Gasteiger partial charge in [-0.25, -0.2) is 0 Å². The number of furan rings is 1. The Morgan fingerprint density at radius 1 is 0.381 bits per heavy atom. The molecule has 0 amide bonds. The summed E-state index contributed by atoms with van der Waals surface area (Å²) in [5, 5.41) is 8.48. The number of hydrogen-bond donors (Lipinski definition) is 1. The van der Waals surface area contributed by atoms with Gasteiger partial charge in [-0.1, -0.05) is 133 Å². The zero-order valence-corrected chi connectivity index (χ0v) is 22.9. The normalized spacial score (nSPS) is 11.3. The van der Waals surface area contributed by atoms with Crippen molar-refractivity contribution < 1.29 is 4.42 Å². The minimum absolute atomic E-state index is 0.917. The van der Waals surface area contributed by atoms with Gasteiger partial charge in [-0.05, 0) is 57.3 Å². The molecule has 0 radical (unpaired) electrons. The molecule has 2 heteroatoms. The molecule has 0 aliphatic heterocycles. The van der Waals surface area contributed by atoms with Gasteiger partial charge in [0.1, 0.15) is 11.2 Å². The van der Waals surface area contributed by atoms with Crippen molar-refractivity contribution in [1.29, 1.82) is 0 Å². The standard InChI is InChI=1S/C40H27NO/c1-2-11-32-27(9-1)10-7-14-33(32)28-19-21-29(22-20-28)34-12-3-5-17-38(34)41-31-25-23-30(24-26-31)35-15-8-16-37-36-13-4-6-18-39(36)42-40(35)37/h1-26,41H. The summed E-state index contributed by atoms with van der Waals surface area (Å²) in [6, 6.07) is 55.6. The first-order valence-electron chi connectivity index (χ1n) is 14.3. The van der Waals surface area contributed by atoms with Crippen LogP contribution >= 0.6 is 0 Å². The average molecular weight is 538 g/mol. The summed E-state index contributed by atoms with van der Waals surface area (Å²) in [5.41, 5.74) is 11.0. The molecular formula is C40H27NO. The van der Waals surface area contributed by atoms with E-state index in [0.717, 1.165) is 50.0 Å². The SMILES string of the molecule is c1ccc(-c2ccc(-c3cccc4ccccc34)cc2)c(Nc2ccc(-c3cccc4c3oc3ccccc34)cc2)c1. The van der Waals surface area contributed by atoms with Gasteiger partial charge >= 0.3 is 0 Å². The lowest BCUT2D eigenvalue weighted by molar-refractivity contribution is 0.670. The van der Waals surface area contributed by atoms with Crippen molar-refractivity contribution in [3.05, 3.63) is 158 Å². The second-order valence-corrected chi connectivity index (χ2v) is 10.6. The van der Waals surface area contributed by atoms with Gasteiger partial charge in [-0.3, -0.25) is 0 Å². The Morgan fingerprint density at radius 2 is 0.929 bits per heavy atom. The summed E-state index contributed by atoms with van der Waals surface area (Å²) in [6.07, 6.45) is 0. The maximum absolute atomic E-state index is 6.27. The van der Waals surface area contributed by atoms with Crippen molar-refractivity contribution in [2.75, 3.05) is 5.32 Å². The maximum Gasteiger partial charge on any atom is 0.143 e. The molecule has 8 aromatic rings. The molecule has 0 aliphatic carbocycles. The van der Waals surface area contributed by atoms with E-state index in [1.165, 1.54) is 27.5 Å². The van der Waals surface area contributed by atoms with Crippen LogP contribution in [0.5, 0.6) is 0 Å². The van der Waals surface area contributed by atoms with Crippen LogP contribution in [0.2, 0.25) is 0 Å². The second kappa shape index (κ2) is 10.1. The summed E-state index contributed by atoms with van der Waals surface area (Å²) < 4.78 is 6.27. The van der Waals surface area contributed by atoms with E-state index < -0.39 is 0 Å². The Kier molecular flexibility index (Phi) is 5.82. The third-order valence-electron chi connectivity index (χ3n) is 8.10. The molecular weight excluding hydrogens is 510 g/mol. The Bertz CT molecular complexity index is 2200. The van der Waals surface area contributed by atoms with Crippen LogP contribution in [-0.2, 0) is 0 Å². The molecule has 0 saturated carbocycles. The fraction of sp³-hybridized carbons (Fsp3) is 0. The number of benzene rings is 7. The number of hydrogen-bond acceptors (Lipinski definition) is 2. The molecule has 0 unspecified atom stereocenters. The highest BCUT2D eigenvalue weighted by molar-refractivity contribution is 6.09. The third kappa shape index (κ3) is 4.22. The molecule has 2 nitrogen and oxygen atoms in total. The van der Waals surface area contributed by atoms with Gasteiger partial charge in [0.15, 0.2) is 0 Å². The van der Waals surface area contributed by atoms with Crippen molar-refractivity contribution in [1.82, 2.24) is 0 Å². The highest BCUT2D eigenvalue weighted by Crippen LogP contribution is 2.37. The lowest BCUT2D eigenvalue weighted by Gasteiger charge is -2.14. The number of rotatable bonds is 5. The van der Waals surface area contributed by atoms with Gasteiger partial charge in [-0.2, -0.15) is 0 Å². The minimum atomic E-state index is 0.917. The van der Waals surface area contributed by atoms with E-state index in [-0.39, 0.29) is 0 Å². The molecule has 0 atom stereocenters. The van der Waals surface area contributed by atoms with Crippen LogP contribution in [0.1, 0.15) is 0 Å². The highest BCUT2D eigenvalue weighted by atomic mass is 16.3. The molecule has 198 valence electrons. The third-order valence-corrected chi connectivity index (χ3v) is 8.10. The molecule has 7 aromatic carbocycles. The van der Waals surface area contributed by atoms with Gasteiger partial charge in [0.25, 0.3) is 0 Å². The van der Waals surface area contributed by atoms with Crippen LogP contribution in [0.15, 0.2) is 162 Å². The minimum Gasteiger partial charge on any atom is -0.455 e. The lowest BCUT2D eigenvalue weighted by atomic mass is 9.96. The second-order valence-electron chi connectivity index (χ2n) is 10.6. The Hall–Kier alpha value is -5.60. The van der Waals surface area contributed by atoms with Crippen LogP contribution < -0.4 is 5.32 Å². The average Bonchev–Trinajstić information content (AvgIpc) is 3.44. The van der Waals surface area contributed by atoms with E-state index in [1.807, 2.05) is 12.1 Å². The van der Waals surface area contributed by atoms with E-state index in [2.05, 4.69) is 151 Å². The lowest BCUT2D eigenvalue weighted by Crippen LogP contribution is -1.93. The monoisotopic (exact) mass is 537 g/mol. The molecule has 8 rings (SSSR count). The molecule has 1 heterocycles. The quantitative estimate of drug-likeness (QED) is 0.236. The smallest absolute Gasteiger partial charge is 0.143 e. The van der Waals surface area contributed by atoms with Crippen molar-refractivity contribution >= 4 is 44.1 Å². The summed E-state index contributed by atoms with van der Waals surface area (Å²) >= 11 is 0. The molecule has 0 fully saturated rings. The maximum atomic E-state index is 6.27. The van der Waals surface area contributed by atoms with E-state index in [9.17, 15) is 0 Å². The first-order chi connectivity index (χ1) is 20.8. The zero-order chi connectivity index (χ0) is 27.9. The summed E-state index contributed by atoms with van der Waals surface area (Å²) in [4.78, 5) is 0. The fourth-order valence-corrected chi connectivity index (χ4v) is 6.01. The van der Waals surface area contributed by atoms with Crippen molar-refractivity contribution in [2.24, 2.45) is 0 Å². The van der Waals surface area contributed by atoms with Gasteiger partial charge in [0.2, 0.25) is 0 Å². The van der Waals surface area contributed by atoms with Crippen LogP contribution in [0, 0.1) is 0 Å². The predicted molar refractivity (Wildman–Crippen MR) is 177 cm³/mol. The van der Waals surface area contributed by atoms with Gasteiger partial charge < -0.3 is 9.73 Å². The van der Waals surface area contributed by atoms with Gasteiger partial charge in [-0.15, -0.1) is 0 Å². The first kappa shape index (κ1) is 24.2. The van der Waals surface area contributed by atoms with Crippen molar-refractivity contribution in [3.8, 4) is 33.4 Å². The van der Waals surface area contributed by atoms with E-state index in [1.54, 1.807) is 0 Å². The Labute approximate surface area is 244 Å². The van der Waals surface area contributed by atoms with Crippen LogP contribution in [0.3, 0.4) is 0 Å². The van der Waals surface area contributed by atoms with Crippen LogP contribution in [0.4, 0.5) is 11.4 Å². The number of para-hydroxylation sites is 3. The fourth-order valence-electron chi connectivity index (χ4n) is 6.01. The molecule has 0 aliphatic rings. The van der Waals surface area contributed by atoms with Crippen LogP contribution in [-0.4, -0.2) is 0 Å². The zero-order valence-electron chi connectivity index (χ0n) is 22.9. The van der Waals surface area contributed by atoms with Crippen molar-refractivity contribution in [2.45, 2.75) is 0 Å². The molecule has 0 bridgehead atoms. The topological polar surface area (TPSA) is 25.2 Å². The molecule has 0 spiro atoms. The number of anilines is 2. The van der Waals surface area contributed by atoms with E-state index in [4.69, 9.17) is 4.42 Å². The summed E-state index contributed by atoms with van der Waals surface area (Å²) in [7, 11) is 0. The largest absolute Gasteiger partial charge is 0.455 e. The van der Waals surface area contributed by atoms with Gasteiger partial charge in [0.05, 0.1) is 0 Å². The van der Waals surface area contributed by atoms with Crippen LogP contribution in [0.25, 0.3) is 66.1 Å². The summed E-state index contributed by atoms with van der Waals surface area (Å²) in [5.74, 6) is 0. The predicted octanol–water partition coefficient (Wildman–Crippen LogP) is 11.5. The molecule has 42 heavy (non-hydrogen) atoms. The molecule has 1 aromatic heterocycles. The number of nitrogens with one attached hydrogen (secondary N) is 1. The van der Waals surface area contributed by atoms with E-state index in [0.29, 0.717) is 0 Å². The van der Waals surface area contributed by atoms with E-state index >= 15 is 0 Å². The van der Waals surface area contributed by atoms with Crippen molar-refractivity contribution in [3.63, 3.8) is 0 Å². The molecule has 0 saturated heterocycles. The summed E-state index contributed by atoms with van der Waals surface area (Å²) in [6.45, 7) is 0. The van der Waals surface area contributed by atoms with Gasteiger partial charge in [0, 0.05) is 33.3 Å². The first-order valence-corrected chi connectivity index (χ1v) is 14.3.